The molecule has 0 bridgehead atoms. The molecule has 0 aliphatic heterocycles. The lowest BCUT2D eigenvalue weighted by molar-refractivity contribution is 0.305. The van der Waals surface area contributed by atoms with E-state index < -0.39 is 0 Å². The standard InChI is InChI=1S/C16H25NO/c1-5-7-8-11-18-16-12-14(17-6-2)9-10-15(16)13(3)4/h9-10,12,17H,3,5-8,11H2,1-2,4H3. The molecule has 0 aliphatic carbocycles. The van der Waals surface area contributed by atoms with Gasteiger partial charge in [0.25, 0.3) is 0 Å². The highest BCUT2D eigenvalue weighted by Crippen LogP contribution is 2.28. The van der Waals surface area contributed by atoms with Gasteiger partial charge >= 0.3 is 0 Å². The molecule has 0 atom stereocenters. The molecule has 0 amide bonds. The van der Waals surface area contributed by atoms with Crippen LogP contribution in [0.1, 0.15) is 45.6 Å². The van der Waals surface area contributed by atoms with Gasteiger partial charge in [-0.05, 0) is 38.0 Å². The fourth-order valence-corrected chi connectivity index (χ4v) is 1.84. The molecule has 0 aliphatic rings. The highest BCUT2D eigenvalue weighted by molar-refractivity contribution is 5.70. The first kappa shape index (κ1) is 14.6. The second-order valence-corrected chi connectivity index (χ2v) is 4.58. The van der Waals surface area contributed by atoms with Crippen LogP contribution < -0.4 is 10.1 Å². The predicted octanol–water partition coefficient (Wildman–Crippen LogP) is 4.72. The molecule has 100 valence electrons. The number of unbranched alkanes of at least 4 members (excludes halogenated alkanes) is 2. The van der Waals surface area contributed by atoms with Gasteiger partial charge in [0.1, 0.15) is 5.75 Å². The Labute approximate surface area is 111 Å². The van der Waals surface area contributed by atoms with Gasteiger partial charge in [-0.2, -0.15) is 0 Å². The third-order valence-corrected chi connectivity index (χ3v) is 2.83. The molecule has 0 radical (unpaired) electrons. The van der Waals surface area contributed by atoms with E-state index in [0.29, 0.717) is 0 Å². The molecule has 0 aromatic heterocycles. The van der Waals surface area contributed by atoms with Crippen LogP contribution >= 0.6 is 0 Å². The second kappa shape index (κ2) is 7.80. The molecule has 1 aromatic carbocycles. The maximum atomic E-state index is 5.89. The third kappa shape index (κ3) is 4.44. The second-order valence-electron chi connectivity index (χ2n) is 4.58. The lowest BCUT2D eigenvalue weighted by Crippen LogP contribution is -2.02. The van der Waals surface area contributed by atoms with Crippen molar-refractivity contribution in [3.05, 3.63) is 30.3 Å². The summed E-state index contributed by atoms with van der Waals surface area (Å²) in [7, 11) is 0. The first-order chi connectivity index (χ1) is 8.69. The van der Waals surface area contributed by atoms with Crippen molar-refractivity contribution in [3.8, 4) is 5.75 Å². The van der Waals surface area contributed by atoms with Crippen molar-refractivity contribution >= 4 is 11.3 Å². The monoisotopic (exact) mass is 247 g/mol. The van der Waals surface area contributed by atoms with Crippen LogP contribution in [-0.2, 0) is 0 Å². The van der Waals surface area contributed by atoms with Crippen molar-refractivity contribution in [3.63, 3.8) is 0 Å². The van der Waals surface area contributed by atoms with Crippen LogP contribution in [0.3, 0.4) is 0 Å². The lowest BCUT2D eigenvalue weighted by atomic mass is 10.1. The van der Waals surface area contributed by atoms with Gasteiger partial charge < -0.3 is 10.1 Å². The molecule has 0 heterocycles. The number of rotatable bonds is 8. The van der Waals surface area contributed by atoms with Gasteiger partial charge in [-0.25, -0.2) is 0 Å². The maximum Gasteiger partial charge on any atom is 0.128 e. The van der Waals surface area contributed by atoms with Crippen molar-refractivity contribution in [1.82, 2.24) is 0 Å². The van der Waals surface area contributed by atoms with Crippen molar-refractivity contribution < 1.29 is 4.74 Å². The van der Waals surface area contributed by atoms with E-state index in [2.05, 4.69) is 43.9 Å². The van der Waals surface area contributed by atoms with Crippen LogP contribution in [0.15, 0.2) is 24.8 Å². The van der Waals surface area contributed by atoms with E-state index in [9.17, 15) is 0 Å². The van der Waals surface area contributed by atoms with Crippen LogP contribution in [0.5, 0.6) is 5.75 Å². The van der Waals surface area contributed by atoms with Gasteiger partial charge in [0.05, 0.1) is 6.61 Å². The maximum absolute atomic E-state index is 5.89. The summed E-state index contributed by atoms with van der Waals surface area (Å²) in [5.74, 6) is 0.942. The summed E-state index contributed by atoms with van der Waals surface area (Å²) in [5, 5.41) is 3.31. The Kier molecular flexibility index (Phi) is 6.34. The molecule has 0 saturated carbocycles. The van der Waals surface area contributed by atoms with Gasteiger partial charge in [0.2, 0.25) is 0 Å². The van der Waals surface area contributed by atoms with Crippen molar-refractivity contribution in [1.29, 1.82) is 0 Å². The molecule has 0 unspecified atom stereocenters. The first-order valence-electron chi connectivity index (χ1n) is 6.85. The number of anilines is 1. The van der Waals surface area contributed by atoms with Gasteiger partial charge in [-0.1, -0.05) is 26.3 Å². The minimum absolute atomic E-state index is 0.781. The smallest absolute Gasteiger partial charge is 0.128 e. The molecular weight excluding hydrogens is 222 g/mol. The number of hydrogen-bond acceptors (Lipinski definition) is 2. The van der Waals surface area contributed by atoms with E-state index in [0.717, 1.165) is 42.1 Å². The van der Waals surface area contributed by atoms with Crippen LogP contribution in [0.2, 0.25) is 0 Å². The topological polar surface area (TPSA) is 21.3 Å². The zero-order valence-electron chi connectivity index (χ0n) is 11.9. The normalized spacial score (nSPS) is 10.2. The Morgan fingerprint density at radius 3 is 2.67 bits per heavy atom. The van der Waals surface area contributed by atoms with Gasteiger partial charge in [-0.15, -0.1) is 0 Å². The molecule has 2 nitrogen and oxygen atoms in total. The molecule has 18 heavy (non-hydrogen) atoms. The zero-order chi connectivity index (χ0) is 13.4. The summed E-state index contributed by atoms with van der Waals surface area (Å²) < 4.78 is 5.89. The molecule has 0 fully saturated rings. The largest absolute Gasteiger partial charge is 0.493 e. The SMILES string of the molecule is C=C(C)c1ccc(NCC)cc1OCCCCC. The Morgan fingerprint density at radius 2 is 2.06 bits per heavy atom. The van der Waals surface area contributed by atoms with E-state index >= 15 is 0 Å². The van der Waals surface area contributed by atoms with Crippen molar-refractivity contribution in [2.24, 2.45) is 0 Å². The van der Waals surface area contributed by atoms with Crippen molar-refractivity contribution in [2.45, 2.75) is 40.0 Å². The predicted molar refractivity (Wildman–Crippen MR) is 80.3 cm³/mol. The molecule has 2 heteroatoms. The van der Waals surface area contributed by atoms with Crippen LogP contribution in [-0.4, -0.2) is 13.2 Å². The lowest BCUT2D eigenvalue weighted by Gasteiger charge is -2.13. The van der Waals surface area contributed by atoms with E-state index in [1.54, 1.807) is 0 Å². The quantitative estimate of drug-likeness (QED) is 0.671. The minimum atomic E-state index is 0.781. The highest BCUT2D eigenvalue weighted by atomic mass is 16.5. The summed E-state index contributed by atoms with van der Waals surface area (Å²) in [6, 6.07) is 6.22. The first-order valence-corrected chi connectivity index (χ1v) is 6.85. The summed E-state index contributed by atoms with van der Waals surface area (Å²) in [4.78, 5) is 0. The molecule has 1 rings (SSSR count). The average molecular weight is 247 g/mol. The van der Waals surface area contributed by atoms with Gasteiger partial charge in [-0.3, -0.25) is 0 Å². The van der Waals surface area contributed by atoms with Gasteiger partial charge in [0, 0.05) is 23.9 Å². The highest BCUT2D eigenvalue weighted by Gasteiger charge is 2.05. The number of nitrogens with one attached hydrogen (secondary N) is 1. The molecule has 0 spiro atoms. The molecular formula is C16H25NO. The Hall–Kier alpha value is -1.44. The van der Waals surface area contributed by atoms with Crippen molar-refractivity contribution in [2.75, 3.05) is 18.5 Å². The number of allylic oxidation sites excluding steroid dienone is 1. The van der Waals surface area contributed by atoms with E-state index in [1.165, 1.54) is 12.8 Å². The van der Waals surface area contributed by atoms with Gasteiger partial charge in [0.15, 0.2) is 0 Å². The fraction of sp³-hybridized carbons (Fsp3) is 0.500. The zero-order valence-corrected chi connectivity index (χ0v) is 11.9. The van der Waals surface area contributed by atoms with Crippen LogP contribution in [0.4, 0.5) is 5.69 Å². The fourth-order valence-electron chi connectivity index (χ4n) is 1.84. The number of ether oxygens (including phenoxy) is 1. The third-order valence-electron chi connectivity index (χ3n) is 2.83. The van der Waals surface area contributed by atoms with E-state index in [4.69, 9.17) is 4.74 Å². The van der Waals surface area contributed by atoms with Crippen LogP contribution in [0.25, 0.3) is 5.57 Å². The van der Waals surface area contributed by atoms with E-state index in [-0.39, 0.29) is 0 Å². The summed E-state index contributed by atoms with van der Waals surface area (Å²) in [6.07, 6.45) is 3.54. The average Bonchev–Trinajstić information content (AvgIpc) is 2.35. The number of benzene rings is 1. The summed E-state index contributed by atoms with van der Waals surface area (Å²) in [6.45, 7) is 12.0. The Morgan fingerprint density at radius 1 is 1.28 bits per heavy atom. The van der Waals surface area contributed by atoms with Crippen LogP contribution in [0, 0.1) is 0 Å². The summed E-state index contributed by atoms with van der Waals surface area (Å²) in [5.41, 5.74) is 3.25. The molecule has 1 N–H and O–H groups in total. The summed E-state index contributed by atoms with van der Waals surface area (Å²) >= 11 is 0. The minimum Gasteiger partial charge on any atom is -0.493 e. The molecule has 0 saturated heterocycles. The Balaban J connectivity index is 2.76. The Bertz CT molecular complexity index is 385. The molecule has 1 aromatic rings. The number of hydrogen-bond donors (Lipinski definition) is 1. The van der Waals surface area contributed by atoms with E-state index in [1.807, 2.05) is 6.92 Å².